The van der Waals surface area contributed by atoms with Crippen molar-refractivity contribution in [2.75, 3.05) is 6.54 Å². The zero-order valence-corrected chi connectivity index (χ0v) is 13.7. The SMILES string of the molecule is Cc1ccc(S(=O)(=O)NCCCCCCn2ccnc2)cc1. The van der Waals surface area contributed by atoms with Crippen molar-refractivity contribution in [3.63, 3.8) is 0 Å². The van der Waals surface area contributed by atoms with Gasteiger partial charge in [0.2, 0.25) is 10.0 Å². The lowest BCUT2D eigenvalue weighted by atomic mass is 10.2. The summed E-state index contributed by atoms with van der Waals surface area (Å²) in [5, 5.41) is 0. The van der Waals surface area contributed by atoms with Crippen molar-refractivity contribution in [1.82, 2.24) is 14.3 Å². The molecule has 0 radical (unpaired) electrons. The van der Waals surface area contributed by atoms with Crippen LogP contribution in [0.25, 0.3) is 0 Å². The molecule has 5 nitrogen and oxygen atoms in total. The molecular formula is C16H23N3O2S. The Labute approximate surface area is 132 Å². The lowest BCUT2D eigenvalue weighted by molar-refractivity contribution is 0.556. The number of benzene rings is 1. The Kier molecular flexibility index (Phi) is 6.15. The van der Waals surface area contributed by atoms with Crippen LogP contribution in [0.5, 0.6) is 0 Å². The number of nitrogens with one attached hydrogen (secondary N) is 1. The first-order valence-electron chi connectivity index (χ1n) is 7.60. The van der Waals surface area contributed by atoms with E-state index in [-0.39, 0.29) is 0 Å². The van der Waals surface area contributed by atoms with Gasteiger partial charge in [-0.25, -0.2) is 18.1 Å². The van der Waals surface area contributed by atoms with Crippen molar-refractivity contribution in [3.8, 4) is 0 Å². The minimum atomic E-state index is -3.37. The molecule has 0 amide bonds. The van der Waals surface area contributed by atoms with Crippen molar-refractivity contribution < 1.29 is 8.42 Å². The van der Waals surface area contributed by atoms with Gasteiger partial charge in [0.1, 0.15) is 0 Å². The Hall–Kier alpha value is -1.66. The van der Waals surface area contributed by atoms with E-state index >= 15 is 0 Å². The van der Waals surface area contributed by atoms with E-state index in [2.05, 4.69) is 14.3 Å². The van der Waals surface area contributed by atoms with Gasteiger partial charge in [0.25, 0.3) is 0 Å². The van der Waals surface area contributed by atoms with Crippen LogP contribution in [0.2, 0.25) is 0 Å². The fourth-order valence-electron chi connectivity index (χ4n) is 2.20. The first-order chi connectivity index (χ1) is 10.6. The van der Waals surface area contributed by atoms with E-state index in [0.717, 1.165) is 37.8 Å². The number of rotatable bonds is 9. The molecular weight excluding hydrogens is 298 g/mol. The minimum absolute atomic E-state index is 0.332. The number of imidazole rings is 1. The number of sulfonamides is 1. The smallest absolute Gasteiger partial charge is 0.240 e. The Balaban J connectivity index is 1.62. The molecule has 0 bridgehead atoms. The quantitative estimate of drug-likeness (QED) is 0.722. The third-order valence-corrected chi connectivity index (χ3v) is 5.00. The second kappa shape index (κ2) is 8.10. The molecule has 6 heteroatoms. The Morgan fingerprint density at radius 2 is 1.82 bits per heavy atom. The number of hydrogen-bond donors (Lipinski definition) is 1. The minimum Gasteiger partial charge on any atom is -0.337 e. The van der Waals surface area contributed by atoms with Gasteiger partial charge in [0.15, 0.2) is 0 Å². The van der Waals surface area contributed by atoms with Crippen LogP contribution in [0, 0.1) is 6.92 Å². The van der Waals surface area contributed by atoms with Crippen LogP contribution in [0.15, 0.2) is 47.9 Å². The largest absolute Gasteiger partial charge is 0.337 e. The van der Waals surface area contributed by atoms with Crippen LogP contribution in [0.3, 0.4) is 0 Å². The lowest BCUT2D eigenvalue weighted by Gasteiger charge is -2.07. The van der Waals surface area contributed by atoms with Crippen molar-refractivity contribution >= 4 is 10.0 Å². The molecule has 1 aromatic carbocycles. The molecule has 1 aromatic heterocycles. The summed E-state index contributed by atoms with van der Waals surface area (Å²) < 4.78 is 28.8. The summed E-state index contributed by atoms with van der Waals surface area (Å²) in [7, 11) is -3.37. The Morgan fingerprint density at radius 1 is 1.09 bits per heavy atom. The average molecular weight is 321 g/mol. The van der Waals surface area contributed by atoms with Gasteiger partial charge in [0, 0.05) is 25.5 Å². The normalized spacial score (nSPS) is 11.7. The second-order valence-electron chi connectivity index (χ2n) is 5.43. The molecule has 0 saturated carbocycles. The van der Waals surface area contributed by atoms with Gasteiger partial charge in [-0.2, -0.15) is 0 Å². The van der Waals surface area contributed by atoms with Crippen molar-refractivity contribution in [2.24, 2.45) is 0 Å². The monoisotopic (exact) mass is 321 g/mol. The lowest BCUT2D eigenvalue weighted by Crippen LogP contribution is -2.24. The number of aromatic nitrogens is 2. The molecule has 0 spiro atoms. The van der Waals surface area contributed by atoms with E-state index in [1.165, 1.54) is 0 Å². The van der Waals surface area contributed by atoms with E-state index in [0.29, 0.717) is 11.4 Å². The van der Waals surface area contributed by atoms with Crippen molar-refractivity contribution in [1.29, 1.82) is 0 Å². The summed E-state index contributed by atoms with van der Waals surface area (Å²) in [6.07, 6.45) is 9.59. The predicted molar refractivity (Wildman–Crippen MR) is 87.1 cm³/mol. The zero-order chi connectivity index (χ0) is 15.8. The van der Waals surface area contributed by atoms with Crippen LogP contribution in [-0.2, 0) is 16.6 Å². The van der Waals surface area contributed by atoms with Crippen molar-refractivity contribution in [2.45, 2.75) is 44.0 Å². The molecule has 0 aliphatic carbocycles. The maximum Gasteiger partial charge on any atom is 0.240 e. The van der Waals surface area contributed by atoms with Gasteiger partial charge in [-0.05, 0) is 31.9 Å². The number of aryl methyl sites for hydroxylation is 2. The predicted octanol–water partition coefficient (Wildman–Crippen LogP) is 2.73. The topological polar surface area (TPSA) is 64.0 Å². The number of unbranched alkanes of at least 4 members (excludes halogenated alkanes) is 3. The molecule has 2 aromatic rings. The fourth-order valence-corrected chi connectivity index (χ4v) is 3.27. The van der Waals surface area contributed by atoms with Gasteiger partial charge < -0.3 is 4.57 Å². The summed E-state index contributed by atoms with van der Waals surface area (Å²) in [5.74, 6) is 0. The van der Waals surface area contributed by atoms with Gasteiger partial charge >= 0.3 is 0 Å². The van der Waals surface area contributed by atoms with E-state index in [1.807, 2.05) is 31.6 Å². The molecule has 0 atom stereocenters. The molecule has 2 rings (SSSR count). The van der Waals surface area contributed by atoms with Gasteiger partial charge in [-0.15, -0.1) is 0 Å². The van der Waals surface area contributed by atoms with Gasteiger partial charge in [0.05, 0.1) is 11.2 Å². The third-order valence-electron chi connectivity index (χ3n) is 3.53. The highest BCUT2D eigenvalue weighted by Crippen LogP contribution is 2.10. The molecule has 1 heterocycles. The summed E-state index contributed by atoms with van der Waals surface area (Å²) in [4.78, 5) is 4.33. The highest BCUT2D eigenvalue weighted by atomic mass is 32.2. The van der Waals surface area contributed by atoms with E-state index in [1.54, 1.807) is 18.3 Å². The van der Waals surface area contributed by atoms with E-state index in [9.17, 15) is 8.42 Å². The number of hydrogen-bond acceptors (Lipinski definition) is 3. The standard InChI is InChI=1S/C16H23N3O2S/c1-15-6-8-16(9-7-15)22(20,21)18-10-4-2-3-5-12-19-13-11-17-14-19/h6-9,11,13-14,18H,2-5,10,12H2,1H3. The fraction of sp³-hybridized carbons (Fsp3) is 0.438. The summed E-state index contributed by atoms with van der Waals surface area (Å²) >= 11 is 0. The van der Waals surface area contributed by atoms with Crippen LogP contribution in [0.4, 0.5) is 0 Å². The molecule has 120 valence electrons. The molecule has 0 aliphatic rings. The molecule has 0 fully saturated rings. The Bertz CT molecular complexity index is 649. The van der Waals surface area contributed by atoms with E-state index < -0.39 is 10.0 Å². The first kappa shape index (κ1) is 16.7. The first-order valence-corrected chi connectivity index (χ1v) is 9.08. The molecule has 0 unspecified atom stereocenters. The van der Waals surface area contributed by atoms with Crippen LogP contribution in [-0.4, -0.2) is 24.5 Å². The zero-order valence-electron chi connectivity index (χ0n) is 12.9. The molecule has 0 saturated heterocycles. The van der Waals surface area contributed by atoms with Crippen LogP contribution >= 0.6 is 0 Å². The summed E-state index contributed by atoms with van der Waals surface area (Å²) in [6.45, 7) is 3.39. The molecule has 1 N–H and O–H groups in total. The van der Waals surface area contributed by atoms with Crippen molar-refractivity contribution in [3.05, 3.63) is 48.5 Å². The van der Waals surface area contributed by atoms with E-state index in [4.69, 9.17) is 0 Å². The summed E-state index contributed by atoms with van der Waals surface area (Å²) in [5.41, 5.74) is 1.05. The summed E-state index contributed by atoms with van der Waals surface area (Å²) in [6, 6.07) is 6.90. The molecule has 0 aliphatic heterocycles. The van der Waals surface area contributed by atoms with Gasteiger partial charge in [-0.3, -0.25) is 0 Å². The second-order valence-corrected chi connectivity index (χ2v) is 7.19. The molecule has 22 heavy (non-hydrogen) atoms. The Morgan fingerprint density at radius 3 is 2.50 bits per heavy atom. The van der Waals surface area contributed by atoms with Crippen LogP contribution in [0.1, 0.15) is 31.2 Å². The van der Waals surface area contributed by atoms with Gasteiger partial charge in [-0.1, -0.05) is 30.5 Å². The maximum atomic E-state index is 12.1. The average Bonchev–Trinajstić information content (AvgIpc) is 3.00. The number of nitrogens with zero attached hydrogens (tertiary/aromatic N) is 2. The maximum absolute atomic E-state index is 12.1. The van der Waals surface area contributed by atoms with Crippen LogP contribution < -0.4 is 4.72 Å². The highest BCUT2D eigenvalue weighted by molar-refractivity contribution is 7.89. The highest BCUT2D eigenvalue weighted by Gasteiger charge is 2.12. The third kappa shape index (κ3) is 5.27.